The number of nitrogens with one attached hydrogen (secondary N) is 2. The SMILES string of the molecule is C=C(F)c1c(-c2noc(CNC(=O)C3CC3)n2)nc2c(N[C@@H]3CCN(C)C[C@@H]3F)cccn12. The van der Waals surface area contributed by atoms with Crippen LogP contribution in [0.25, 0.3) is 23.0 Å². The molecular formula is C22H25F2N7O2. The number of halogens is 2. The van der Waals surface area contributed by atoms with Gasteiger partial charge in [-0.15, -0.1) is 0 Å². The summed E-state index contributed by atoms with van der Waals surface area (Å²) in [7, 11) is 1.89. The number of fused-ring (bicyclic) bond motifs is 1. The van der Waals surface area contributed by atoms with Gasteiger partial charge in [0.05, 0.1) is 18.3 Å². The Morgan fingerprint density at radius 3 is 2.88 bits per heavy atom. The fraction of sp³-hybridized carbons (Fsp3) is 0.455. The highest BCUT2D eigenvalue weighted by Crippen LogP contribution is 2.32. The minimum atomic E-state index is -1.04. The minimum absolute atomic E-state index is 0.0453. The normalized spacial score (nSPS) is 21.3. The van der Waals surface area contributed by atoms with Crippen LogP contribution in [0.4, 0.5) is 14.5 Å². The highest BCUT2D eigenvalue weighted by molar-refractivity contribution is 5.81. The zero-order valence-electron chi connectivity index (χ0n) is 18.2. The lowest BCUT2D eigenvalue weighted by molar-refractivity contribution is -0.122. The lowest BCUT2D eigenvalue weighted by Crippen LogP contribution is -2.46. The number of imidazole rings is 1. The fourth-order valence-corrected chi connectivity index (χ4v) is 4.09. The molecule has 2 fully saturated rings. The van der Waals surface area contributed by atoms with Crippen molar-refractivity contribution in [3.8, 4) is 11.5 Å². The number of hydrogen-bond acceptors (Lipinski definition) is 7. The van der Waals surface area contributed by atoms with Gasteiger partial charge in [-0.1, -0.05) is 11.7 Å². The number of carbonyl (C=O) groups is 1. The summed E-state index contributed by atoms with van der Waals surface area (Å²) in [6.45, 7) is 4.64. The van der Waals surface area contributed by atoms with E-state index in [4.69, 9.17) is 4.52 Å². The van der Waals surface area contributed by atoms with E-state index in [1.165, 1.54) is 4.40 Å². The van der Waals surface area contributed by atoms with Crippen LogP contribution in [-0.2, 0) is 11.3 Å². The Kier molecular flexibility index (Phi) is 5.57. The number of amides is 1. The first-order valence-corrected chi connectivity index (χ1v) is 11.0. The lowest BCUT2D eigenvalue weighted by atomic mass is 10.0. The van der Waals surface area contributed by atoms with Crippen LogP contribution in [0.15, 0.2) is 29.4 Å². The molecule has 0 aromatic carbocycles. The number of likely N-dealkylation sites (tertiary alicyclic amines) is 1. The Morgan fingerprint density at radius 2 is 2.15 bits per heavy atom. The van der Waals surface area contributed by atoms with Crippen molar-refractivity contribution in [2.75, 3.05) is 25.5 Å². The molecule has 0 bridgehead atoms. The van der Waals surface area contributed by atoms with Gasteiger partial charge in [-0.05, 0) is 38.4 Å². The molecule has 1 aliphatic carbocycles. The maximum atomic E-state index is 14.6. The van der Waals surface area contributed by atoms with Crippen molar-refractivity contribution in [2.24, 2.45) is 5.92 Å². The number of hydrogen-bond donors (Lipinski definition) is 2. The highest BCUT2D eigenvalue weighted by atomic mass is 19.1. The zero-order chi connectivity index (χ0) is 23.1. The van der Waals surface area contributed by atoms with Gasteiger partial charge in [-0.2, -0.15) is 4.98 Å². The van der Waals surface area contributed by atoms with Crippen LogP contribution in [-0.4, -0.2) is 62.7 Å². The second-order valence-corrected chi connectivity index (χ2v) is 8.65. The van der Waals surface area contributed by atoms with Gasteiger partial charge in [-0.25, -0.2) is 13.8 Å². The summed E-state index contributed by atoms with van der Waals surface area (Å²) in [5.74, 6) is -0.429. The second-order valence-electron chi connectivity index (χ2n) is 8.65. The fourth-order valence-electron chi connectivity index (χ4n) is 4.09. The van der Waals surface area contributed by atoms with Gasteiger partial charge in [-0.3, -0.25) is 9.20 Å². The van der Waals surface area contributed by atoms with Crippen molar-refractivity contribution in [1.29, 1.82) is 0 Å². The molecule has 174 valence electrons. The summed E-state index contributed by atoms with van der Waals surface area (Å²) >= 11 is 0. The Labute approximate surface area is 188 Å². The molecule has 0 unspecified atom stereocenters. The Balaban J connectivity index is 1.44. The molecule has 33 heavy (non-hydrogen) atoms. The van der Waals surface area contributed by atoms with Crippen molar-refractivity contribution in [3.63, 3.8) is 0 Å². The van der Waals surface area contributed by atoms with E-state index in [0.717, 1.165) is 19.4 Å². The average Bonchev–Trinajstić information content (AvgIpc) is 3.39. The van der Waals surface area contributed by atoms with Crippen LogP contribution in [0.2, 0.25) is 0 Å². The first-order valence-electron chi connectivity index (χ1n) is 11.0. The minimum Gasteiger partial charge on any atom is -0.376 e. The largest absolute Gasteiger partial charge is 0.376 e. The predicted octanol–water partition coefficient (Wildman–Crippen LogP) is 2.80. The van der Waals surface area contributed by atoms with Crippen LogP contribution in [0, 0.1) is 5.92 Å². The number of carbonyl (C=O) groups excluding carboxylic acids is 1. The van der Waals surface area contributed by atoms with Crippen LogP contribution >= 0.6 is 0 Å². The molecule has 11 heteroatoms. The van der Waals surface area contributed by atoms with E-state index in [1.54, 1.807) is 18.3 Å². The summed E-state index contributed by atoms with van der Waals surface area (Å²) in [5.41, 5.74) is 1.22. The molecule has 4 heterocycles. The molecule has 2 aliphatic rings. The van der Waals surface area contributed by atoms with Crippen molar-refractivity contribution in [1.82, 2.24) is 29.7 Å². The number of alkyl halides is 1. The van der Waals surface area contributed by atoms with Gasteiger partial charge in [0.15, 0.2) is 5.65 Å². The highest BCUT2D eigenvalue weighted by Gasteiger charge is 2.30. The number of pyridine rings is 1. The van der Waals surface area contributed by atoms with Crippen molar-refractivity contribution in [2.45, 2.75) is 38.0 Å². The number of anilines is 1. The average molecular weight is 457 g/mol. The number of nitrogens with zero attached hydrogens (tertiary/aromatic N) is 5. The standard InChI is InChI=1S/C22H25F2N7O2/c1-12(23)19-18(20-27-17(33-29-20)10-25-22(32)13-5-6-13)28-21-16(4-3-8-31(19)21)26-15-7-9-30(2)11-14(15)24/h3-4,8,13-15,26H,1,5-7,9-11H2,2H3,(H,25,32)/t14-,15+/m0/s1. The lowest BCUT2D eigenvalue weighted by Gasteiger charge is -2.33. The topological polar surface area (TPSA) is 101 Å². The predicted molar refractivity (Wildman–Crippen MR) is 118 cm³/mol. The van der Waals surface area contributed by atoms with Crippen molar-refractivity contribution >= 4 is 23.1 Å². The quantitative estimate of drug-likeness (QED) is 0.563. The summed E-state index contributed by atoms with van der Waals surface area (Å²) in [4.78, 5) is 22.6. The molecule has 2 N–H and O–H groups in total. The van der Waals surface area contributed by atoms with E-state index in [2.05, 4.69) is 32.3 Å². The summed E-state index contributed by atoms with van der Waals surface area (Å²) in [6.07, 6.45) is 3.02. The first kappa shape index (κ1) is 21.5. The van der Waals surface area contributed by atoms with Gasteiger partial charge in [0.25, 0.3) is 0 Å². The summed E-state index contributed by atoms with van der Waals surface area (Å²) in [6, 6.07) is 3.12. The third-order valence-corrected chi connectivity index (χ3v) is 6.03. The Hall–Kier alpha value is -3.34. The van der Waals surface area contributed by atoms with E-state index in [0.29, 0.717) is 24.3 Å². The van der Waals surface area contributed by atoms with E-state index in [1.807, 2.05) is 11.9 Å². The van der Waals surface area contributed by atoms with Crippen molar-refractivity contribution in [3.05, 3.63) is 36.5 Å². The van der Waals surface area contributed by atoms with Gasteiger partial charge < -0.3 is 20.1 Å². The third-order valence-electron chi connectivity index (χ3n) is 6.03. The number of piperidine rings is 1. The van der Waals surface area contributed by atoms with Gasteiger partial charge >= 0.3 is 0 Å². The summed E-state index contributed by atoms with van der Waals surface area (Å²) < 4.78 is 35.9. The van der Waals surface area contributed by atoms with Crippen LogP contribution in [0.1, 0.15) is 30.8 Å². The molecule has 1 saturated heterocycles. The number of rotatable bonds is 7. The maximum Gasteiger partial charge on any atom is 0.246 e. The molecule has 0 spiro atoms. The molecule has 5 rings (SSSR count). The smallest absolute Gasteiger partial charge is 0.246 e. The molecule has 1 aliphatic heterocycles. The van der Waals surface area contributed by atoms with E-state index < -0.39 is 12.0 Å². The van der Waals surface area contributed by atoms with Crippen LogP contribution in [0.5, 0.6) is 0 Å². The monoisotopic (exact) mass is 457 g/mol. The maximum absolute atomic E-state index is 14.6. The van der Waals surface area contributed by atoms with Gasteiger partial charge in [0.1, 0.15) is 23.4 Å². The first-order chi connectivity index (χ1) is 15.9. The van der Waals surface area contributed by atoms with Gasteiger partial charge in [0.2, 0.25) is 17.6 Å². The molecule has 3 aromatic heterocycles. The second kappa shape index (κ2) is 8.54. The molecule has 1 saturated carbocycles. The van der Waals surface area contributed by atoms with Gasteiger partial charge in [0, 0.05) is 25.2 Å². The Bertz CT molecular complexity index is 1200. The molecule has 2 atom stereocenters. The molecule has 3 aromatic rings. The van der Waals surface area contributed by atoms with Crippen LogP contribution in [0.3, 0.4) is 0 Å². The van der Waals surface area contributed by atoms with Crippen LogP contribution < -0.4 is 10.6 Å². The van der Waals surface area contributed by atoms with Crippen molar-refractivity contribution < 1.29 is 18.1 Å². The summed E-state index contributed by atoms with van der Waals surface area (Å²) in [5, 5.41) is 9.90. The van der Waals surface area contributed by atoms with E-state index >= 15 is 0 Å². The number of aromatic nitrogens is 4. The van der Waals surface area contributed by atoms with E-state index in [9.17, 15) is 13.6 Å². The molecular weight excluding hydrogens is 432 g/mol. The third kappa shape index (κ3) is 4.32. The zero-order valence-corrected chi connectivity index (χ0v) is 18.2. The Morgan fingerprint density at radius 1 is 1.33 bits per heavy atom. The molecule has 0 radical (unpaired) electrons. The van der Waals surface area contributed by atoms with E-state index in [-0.39, 0.29) is 47.5 Å². The molecule has 1 amide bonds. The molecule has 9 nitrogen and oxygen atoms in total.